The van der Waals surface area contributed by atoms with Crippen LogP contribution in [-0.2, 0) is 18.9 Å². The Morgan fingerprint density at radius 2 is 0.500 bits per heavy atom. The number of nitrogens with zero attached hydrogens (tertiary/aromatic N) is 4. The number of hydrogen-bond acceptors (Lipinski definition) is 14. The van der Waals surface area contributed by atoms with E-state index in [2.05, 4.69) is 167 Å². The molecule has 102 heavy (non-hydrogen) atoms. The highest BCUT2D eigenvalue weighted by Crippen LogP contribution is 2.44. The zero-order valence-electron chi connectivity index (χ0n) is 56.5. The van der Waals surface area contributed by atoms with Crippen LogP contribution in [0.5, 0.6) is 46.0 Å². The number of para-hydroxylation sites is 2. The van der Waals surface area contributed by atoms with Crippen LogP contribution in [0.25, 0.3) is 11.1 Å². The molecule has 0 heterocycles. The van der Waals surface area contributed by atoms with Crippen molar-refractivity contribution in [2.45, 2.75) is 0 Å². The second-order valence-electron chi connectivity index (χ2n) is 22.9. The lowest BCUT2D eigenvalue weighted by molar-refractivity contribution is 0.0308. The second kappa shape index (κ2) is 35.5. The summed E-state index contributed by atoms with van der Waals surface area (Å²) in [6.07, 6.45) is 5.93. The summed E-state index contributed by atoms with van der Waals surface area (Å²) >= 11 is 0. The summed E-state index contributed by atoms with van der Waals surface area (Å²) in [4.78, 5) is 8.73. The average Bonchev–Trinajstić information content (AvgIpc) is 0.811. The van der Waals surface area contributed by atoms with E-state index in [-0.39, 0.29) is 6.79 Å². The molecule has 0 aliphatic rings. The zero-order chi connectivity index (χ0) is 69.9. The zero-order valence-corrected chi connectivity index (χ0v) is 56.5. The molecule has 0 fully saturated rings. The van der Waals surface area contributed by atoms with Crippen molar-refractivity contribution >= 4 is 68.2 Å². The summed E-state index contributed by atoms with van der Waals surface area (Å²) in [6.45, 7) is 17.4. The highest BCUT2D eigenvalue weighted by Gasteiger charge is 2.20. The molecule has 0 N–H and O–H groups in total. The quantitative estimate of drug-likeness (QED) is 0.0160. The lowest BCUT2D eigenvalue weighted by Gasteiger charge is -2.27. The SMILES string of the molecule is C=CCOCOc1cccc(N(c2ccccc2)c2cccc(Oc3ccc(N(c4ccccc4)c4ccc(-c5ccc(N(c6cccc(OCCOC=C)c6)c6cccc(Oc7ccc(N(c8cccc(OCCOC=C)c8)c8cccc(OCCOC=C)c8)cc7)c6)cc5)cc4)cc3)c2)c1. The van der Waals surface area contributed by atoms with Crippen LogP contribution in [0.15, 0.2) is 354 Å². The minimum absolute atomic E-state index is 0.115. The highest BCUT2D eigenvalue weighted by molar-refractivity contribution is 5.83. The van der Waals surface area contributed by atoms with E-state index in [0.29, 0.717) is 92.2 Å². The van der Waals surface area contributed by atoms with Crippen molar-refractivity contribution in [1.82, 2.24) is 0 Å². The van der Waals surface area contributed by atoms with Gasteiger partial charge in [-0.1, -0.05) is 123 Å². The van der Waals surface area contributed by atoms with E-state index in [1.807, 2.05) is 182 Å². The molecule has 0 aromatic heterocycles. The van der Waals surface area contributed by atoms with Gasteiger partial charge in [-0.05, 0) is 181 Å². The predicted molar refractivity (Wildman–Crippen MR) is 410 cm³/mol. The van der Waals surface area contributed by atoms with Crippen LogP contribution < -0.4 is 48.0 Å². The van der Waals surface area contributed by atoms with Gasteiger partial charge in [-0.25, -0.2) is 0 Å². The standard InChI is InChI=1S/C88H78N4O10/c1-5-53-96-66-100-86-34-18-28-78(63-86)90(70-23-13-10-14-24-70)79-29-19-35-87(64-79)101-81-49-45-73(46-50-81)89(69-21-11-9-12-22-69)71-41-37-67(38-42-71)68-39-43-72(44-40-68)91(75-25-15-31-83(60-75)97-57-54-93-6-2)80-30-20-36-88(65-80)102-82-51-47-74(48-52-82)92(76-26-16-32-84(61-76)98-58-55-94-7-3)77-27-17-33-85(62-77)99-59-56-95-8-4/h5-52,60-65H,1-4,53-59,66H2. The van der Waals surface area contributed by atoms with E-state index in [0.717, 1.165) is 79.4 Å². The third-order valence-electron chi connectivity index (χ3n) is 16.0. The van der Waals surface area contributed by atoms with E-state index >= 15 is 0 Å². The maximum absolute atomic E-state index is 6.70. The minimum Gasteiger partial charge on any atom is -0.498 e. The summed E-state index contributed by atoms with van der Waals surface area (Å²) < 4.78 is 59.1. The maximum atomic E-state index is 6.70. The van der Waals surface area contributed by atoms with E-state index < -0.39 is 0 Å². The van der Waals surface area contributed by atoms with E-state index in [1.54, 1.807) is 6.08 Å². The van der Waals surface area contributed by atoms with Gasteiger partial charge in [-0.2, -0.15) is 0 Å². The fourth-order valence-corrected chi connectivity index (χ4v) is 11.5. The van der Waals surface area contributed by atoms with Crippen LogP contribution in [0.2, 0.25) is 0 Å². The van der Waals surface area contributed by atoms with E-state index in [9.17, 15) is 0 Å². The van der Waals surface area contributed by atoms with Crippen LogP contribution >= 0.6 is 0 Å². The normalized spacial score (nSPS) is 10.7. The molecular weight excluding hydrogens is 1270 g/mol. The third-order valence-corrected chi connectivity index (χ3v) is 16.0. The van der Waals surface area contributed by atoms with Crippen molar-refractivity contribution in [3.63, 3.8) is 0 Å². The van der Waals surface area contributed by atoms with Crippen LogP contribution in [0.1, 0.15) is 0 Å². The van der Waals surface area contributed by atoms with Gasteiger partial charge in [0.25, 0.3) is 0 Å². The van der Waals surface area contributed by atoms with Crippen LogP contribution in [0.4, 0.5) is 68.2 Å². The molecule has 0 bridgehead atoms. The number of rotatable bonds is 37. The van der Waals surface area contributed by atoms with Crippen molar-refractivity contribution in [3.05, 3.63) is 354 Å². The molecule has 0 saturated heterocycles. The molecule has 0 radical (unpaired) electrons. The Balaban J connectivity index is 0.779. The summed E-state index contributed by atoms with van der Waals surface area (Å²) in [7, 11) is 0. The van der Waals surface area contributed by atoms with Crippen LogP contribution in [0.3, 0.4) is 0 Å². The molecule has 0 spiro atoms. The molecule has 14 nitrogen and oxygen atoms in total. The third kappa shape index (κ3) is 18.4. The Bertz CT molecular complexity index is 4600. The smallest absolute Gasteiger partial charge is 0.189 e. The topological polar surface area (TPSA) is 105 Å². The van der Waals surface area contributed by atoms with E-state index in [1.165, 1.54) is 18.8 Å². The molecule has 12 rings (SSSR count). The minimum atomic E-state index is 0.115. The molecule has 0 saturated carbocycles. The summed E-state index contributed by atoms with van der Waals surface area (Å²) in [5.74, 6) is 5.42. The lowest BCUT2D eigenvalue weighted by atomic mass is 10.0. The van der Waals surface area contributed by atoms with Crippen molar-refractivity contribution in [2.24, 2.45) is 0 Å². The summed E-state index contributed by atoms with van der Waals surface area (Å²) in [5.41, 5.74) is 13.2. The molecule has 510 valence electrons. The first-order chi connectivity index (χ1) is 50.4. The maximum Gasteiger partial charge on any atom is 0.189 e. The Morgan fingerprint density at radius 3 is 0.814 bits per heavy atom. The second-order valence-corrected chi connectivity index (χ2v) is 22.9. The highest BCUT2D eigenvalue weighted by atomic mass is 16.7. The molecule has 12 aromatic carbocycles. The Hall–Kier alpha value is -13.0. The molecule has 0 aliphatic carbocycles. The first kappa shape index (κ1) is 68.9. The molecular formula is C88H78N4O10. The Kier molecular flexibility index (Phi) is 23.9. The van der Waals surface area contributed by atoms with Gasteiger partial charge in [0, 0.05) is 105 Å². The first-order valence-electron chi connectivity index (χ1n) is 33.4. The van der Waals surface area contributed by atoms with Crippen molar-refractivity contribution in [3.8, 4) is 57.1 Å². The molecule has 14 heteroatoms. The van der Waals surface area contributed by atoms with Gasteiger partial charge in [0.05, 0.1) is 25.4 Å². The predicted octanol–water partition coefficient (Wildman–Crippen LogP) is 23.0. The van der Waals surface area contributed by atoms with Gasteiger partial charge in [0.15, 0.2) is 6.79 Å². The van der Waals surface area contributed by atoms with Gasteiger partial charge in [0.2, 0.25) is 0 Å². The molecule has 0 atom stereocenters. The van der Waals surface area contributed by atoms with Gasteiger partial charge < -0.3 is 67.0 Å². The number of hydrogen-bond donors (Lipinski definition) is 0. The van der Waals surface area contributed by atoms with E-state index in [4.69, 9.17) is 47.4 Å². The molecule has 0 aliphatic heterocycles. The Labute approximate surface area is 596 Å². The number of anilines is 12. The number of ether oxygens (including phenoxy) is 10. The van der Waals surface area contributed by atoms with Crippen molar-refractivity contribution in [2.75, 3.05) is 72.6 Å². The summed E-state index contributed by atoms with van der Waals surface area (Å²) in [5, 5.41) is 0. The molecule has 12 aromatic rings. The summed E-state index contributed by atoms with van der Waals surface area (Å²) in [6, 6.07) is 102. The Morgan fingerprint density at radius 1 is 0.235 bits per heavy atom. The monoisotopic (exact) mass is 1350 g/mol. The van der Waals surface area contributed by atoms with Gasteiger partial charge in [-0.3, -0.25) is 0 Å². The van der Waals surface area contributed by atoms with Crippen molar-refractivity contribution < 1.29 is 47.4 Å². The van der Waals surface area contributed by atoms with Gasteiger partial charge in [0.1, 0.15) is 85.6 Å². The van der Waals surface area contributed by atoms with Crippen LogP contribution in [0, 0.1) is 0 Å². The average molecular weight is 1350 g/mol. The lowest BCUT2D eigenvalue weighted by Crippen LogP contribution is -2.11. The number of benzene rings is 12. The van der Waals surface area contributed by atoms with Gasteiger partial charge >= 0.3 is 0 Å². The molecule has 0 amide bonds. The largest absolute Gasteiger partial charge is 0.498 e. The van der Waals surface area contributed by atoms with Crippen LogP contribution in [-0.4, -0.2) is 53.0 Å². The molecule has 0 unspecified atom stereocenters. The fraction of sp³-hybridized carbons (Fsp3) is 0.0909. The first-order valence-corrected chi connectivity index (χ1v) is 33.4. The fourth-order valence-electron chi connectivity index (χ4n) is 11.5. The van der Waals surface area contributed by atoms with Crippen molar-refractivity contribution in [1.29, 1.82) is 0 Å². The van der Waals surface area contributed by atoms with Gasteiger partial charge in [-0.15, -0.1) is 6.58 Å².